The van der Waals surface area contributed by atoms with Crippen molar-refractivity contribution in [1.82, 2.24) is 0 Å². The van der Waals surface area contributed by atoms with Gasteiger partial charge in [-0.1, -0.05) is 64.0 Å². The molecule has 0 aliphatic rings. The summed E-state index contributed by atoms with van der Waals surface area (Å²) in [7, 11) is 0. The third kappa shape index (κ3) is 8.36. The third-order valence-electron chi connectivity index (χ3n) is 2.93. The molecule has 0 heterocycles. The second-order valence-corrected chi connectivity index (χ2v) is 7.15. The van der Waals surface area contributed by atoms with Crippen LogP contribution in [-0.2, 0) is 0 Å². The minimum atomic E-state index is 0.807. The molecule has 1 nitrogen and oxygen atoms in total. The highest BCUT2D eigenvalue weighted by Gasteiger charge is 2.01. The van der Waals surface area contributed by atoms with Gasteiger partial charge in [0.25, 0.3) is 0 Å². The number of ether oxygens (including phenoxy) is 1. The summed E-state index contributed by atoms with van der Waals surface area (Å²) >= 11 is 10.4. The van der Waals surface area contributed by atoms with Crippen LogP contribution in [0.2, 0.25) is 0 Å². The zero-order valence-corrected chi connectivity index (χ0v) is 15.9. The summed E-state index contributed by atoms with van der Waals surface area (Å²) < 4.78 is 7.84. The summed E-state index contributed by atoms with van der Waals surface area (Å²) in [6, 6.07) is 6.01. The molecule has 1 aromatic rings. The normalized spacial score (nSPS) is 10.7. The second-order valence-electron chi connectivity index (χ2n) is 4.59. The number of benzene rings is 1. The molecule has 0 amide bonds. The molecule has 0 atom stereocenters. The Morgan fingerprint density at radius 1 is 0.842 bits per heavy atom. The van der Waals surface area contributed by atoms with E-state index in [1.54, 1.807) is 0 Å². The van der Waals surface area contributed by atoms with Crippen molar-refractivity contribution in [2.24, 2.45) is 0 Å². The minimum Gasteiger partial charge on any atom is -0.492 e. The Morgan fingerprint density at radius 3 is 2.11 bits per heavy atom. The number of rotatable bonds is 10. The molecule has 0 fully saturated rings. The van der Waals surface area contributed by atoms with Crippen molar-refractivity contribution in [1.29, 1.82) is 0 Å². The quantitative estimate of drug-likeness (QED) is 0.280. The Balaban J connectivity index is 2.01. The number of halogens is 3. The molecule has 108 valence electrons. The van der Waals surface area contributed by atoms with Crippen molar-refractivity contribution < 1.29 is 4.74 Å². The highest BCUT2D eigenvalue weighted by Crippen LogP contribution is 2.28. The Labute approximate surface area is 141 Å². The number of unbranched alkanes of at least 4 members (excludes halogenated alkanes) is 6. The van der Waals surface area contributed by atoms with Crippen molar-refractivity contribution in [3.63, 3.8) is 0 Å². The van der Waals surface area contributed by atoms with Crippen LogP contribution >= 0.6 is 47.8 Å². The van der Waals surface area contributed by atoms with Gasteiger partial charge in [-0.3, -0.25) is 0 Å². The minimum absolute atomic E-state index is 0.807. The molecule has 0 saturated carbocycles. The number of hydrogen-bond acceptors (Lipinski definition) is 1. The summed E-state index contributed by atoms with van der Waals surface area (Å²) in [6.45, 7) is 0.807. The number of hydrogen-bond donors (Lipinski definition) is 0. The lowest BCUT2D eigenvalue weighted by Gasteiger charge is -2.08. The zero-order chi connectivity index (χ0) is 13.9. The summed E-state index contributed by atoms with van der Waals surface area (Å²) in [4.78, 5) is 0. The molecule has 0 aliphatic carbocycles. The van der Waals surface area contributed by atoms with Gasteiger partial charge in [-0.15, -0.1) is 0 Å². The molecule has 0 bridgehead atoms. The van der Waals surface area contributed by atoms with Crippen LogP contribution in [0, 0.1) is 0 Å². The highest BCUT2D eigenvalue weighted by molar-refractivity contribution is 9.11. The van der Waals surface area contributed by atoms with Crippen LogP contribution < -0.4 is 4.74 Å². The Kier molecular flexibility index (Phi) is 10.3. The van der Waals surface area contributed by atoms with E-state index in [0.717, 1.165) is 33.1 Å². The van der Waals surface area contributed by atoms with Gasteiger partial charge in [0.1, 0.15) is 5.75 Å². The van der Waals surface area contributed by atoms with E-state index < -0.39 is 0 Å². The lowest BCUT2D eigenvalue weighted by atomic mass is 10.1. The van der Waals surface area contributed by atoms with Crippen LogP contribution in [0.4, 0.5) is 0 Å². The zero-order valence-electron chi connectivity index (χ0n) is 11.1. The largest absolute Gasteiger partial charge is 0.492 e. The summed E-state index contributed by atoms with van der Waals surface area (Å²) in [5, 5.41) is 1.14. The molecular weight excluding hydrogens is 436 g/mol. The van der Waals surface area contributed by atoms with E-state index in [-0.39, 0.29) is 0 Å². The lowest BCUT2D eigenvalue weighted by Crippen LogP contribution is -1.97. The maximum Gasteiger partial charge on any atom is 0.133 e. The predicted molar refractivity (Wildman–Crippen MR) is 93.5 cm³/mol. The van der Waals surface area contributed by atoms with E-state index in [1.165, 1.54) is 38.5 Å². The molecule has 0 spiro atoms. The third-order valence-corrected chi connectivity index (χ3v) is 4.60. The lowest BCUT2D eigenvalue weighted by molar-refractivity contribution is 0.302. The summed E-state index contributed by atoms with van der Waals surface area (Å²) in [6.07, 6.45) is 9.12. The maximum atomic E-state index is 5.76. The van der Waals surface area contributed by atoms with Crippen LogP contribution in [-0.4, -0.2) is 11.9 Å². The molecule has 0 aliphatic heterocycles. The van der Waals surface area contributed by atoms with E-state index in [2.05, 4.69) is 47.8 Å². The first-order chi connectivity index (χ1) is 9.24. The van der Waals surface area contributed by atoms with Gasteiger partial charge in [0.05, 0.1) is 11.1 Å². The molecule has 0 saturated heterocycles. The van der Waals surface area contributed by atoms with Gasteiger partial charge in [0.15, 0.2) is 0 Å². The summed E-state index contributed by atoms with van der Waals surface area (Å²) in [5.74, 6) is 0.931. The van der Waals surface area contributed by atoms with Gasteiger partial charge in [-0.25, -0.2) is 0 Å². The average molecular weight is 457 g/mol. The molecule has 19 heavy (non-hydrogen) atoms. The molecular formula is C15H21Br3O. The fourth-order valence-corrected chi connectivity index (χ4v) is 3.41. The first-order valence-corrected chi connectivity index (χ1v) is 9.58. The smallest absolute Gasteiger partial charge is 0.133 e. The van der Waals surface area contributed by atoms with Crippen LogP contribution in [0.5, 0.6) is 5.75 Å². The van der Waals surface area contributed by atoms with E-state index in [9.17, 15) is 0 Å². The van der Waals surface area contributed by atoms with Crippen molar-refractivity contribution >= 4 is 47.8 Å². The Morgan fingerprint density at radius 2 is 1.47 bits per heavy atom. The molecule has 0 radical (unpaired) electrons. The number of alkyl halides is 1. The van der Waals surface area contributed by atoms with Crippen molar-refractivity contribution in [2.45, 2.75) is 44.9 Å². The van der Waals surface area contributed by atoms with Crippen molar-refractivity contribution in [2.75, 3.05) is 11.9 Å². The van der Waals surface area contributed by atoms with E-state index in [0.29, 0.717) is 0 Å². The molecule has 0 aromatic heterocycles. The van der Waals surface area contributed by atoms with Crippen LogP contribution in [0.1, 0.15) is 44.9 Å². The van der Waals surface area contributed by atoms with Gasteiger partial charge < -0.3 is 4.74 Å². The topological polar surface area (TPSA) is 9.23 Å². The first-order valence-electron chi connectivity index (χ1n) is 6.88. The highest BCUT2D eigenvalue weighted by atomic mass is 79.9. The van der Waals surface area contributed by atoms with E-state index in [1.807, 2.05) is 18.2 Å². The standard InChI is InChI=1S/C15H21Br3O/c16-10-6-4-2-1-3-5-7-11-19-15-9-8-13(17)12-14(15)18/h8-9,12H,1-7,10-11H2. The van der Waals surface area contributed by atoms with Gasteiger partial charge in [0, 0.05) is 9.80 Å². The van der Waals surface area contributed by atoms with E-state index >= 15 is 0 Å². The monoisotopic (exact) mass is 454 g/mol. The van der Waals surface area contributed by atoms with Gasteiger partial charge >= 0.3 is 0 Å². The van der Waals surface area contributed by atoms with Crippen LogP contribution in [0.3, 0.4) is 0 Å². The summed E-state index contributed by atoms with van der Waals surface area (Å²) in [5.41, 5.74) is 0. The maximum absolute atomic E-state index is 5.76. The van der Waals surface area contributed by atoms with E-state index in [4.69, 9.17) is 4.74 Å². The average Bonchev–Trinajstić information content (AvgIpc) is 2.39. The fourth-order valence-electron chi connectivity index (χ4n) is 1.85. The van der Waals surface area contributed by atoms with Gasteiger partial charge in [-0.05, 0) is 47.0 Å². The first kappa shape index (κ1) is 17.5. The van der Waals surface area contributed by atoms with Gasteiger partial charge in [0.2, 0.25) is 0 Å². The molecule has 0 N–H and O–H groups in total. The molecule has 1 rings (SSSR count). The van der Waals surface area contributed by atoms with Crippen LogP contribution in [0.15, 0.2) is 27.1 Å². The second kappa shape index (κ2) is 11.2. The SMILES string of the molecule is BrCCCCCCCCCOc1ccc(Br)cc1Br. The fraction of sp³-hybridized carbons (Fsp3) is 0.600. The van der Waals surface area contributed by atoms with Crippen LogP contribution in [0.25, 0.3) is 0 Å². The molecule has 0 unspecified atom stereocenters. The Hall–Kier alpha value is 0.460. The van der Waals surface area contributed by atoms with Crippen molar-refractivity contribution in [3.8, 4) is 5.75 Å². The Bertz CT molecular complexity index is 355. The molecule has 4 heteroatoms. The van der Waals surface area contributed by atoms with Crippen molar-refractivity contribution in [3.05, 3.63) is 27.1 Å². The van der Waals surface area contributed by atoms with Gasteiger partial charge in [-0.2, -0.15) is 0 Å². The predicted octanol–water partition coefficient (Wildman–Crippen LogP) is 6.72. The molecule has 1 aromatic carbocycles.